The van der Waals surface area contributed by atoms with E-state index in [0.29, 0.717) is 0 Å². The highest BCUT2D eigenvalue weighted by Crippen LogP contribution is 2.45. The predicted octanol–water partition coefficient (Wildman–Crippen LogP) is 18.3. The fourth-order valence-corrected chi connectivity index (χ4v) is 9.57. The zero-order valence-corrected chi connectivity index (χ0v) is 37.6. The van der Waals surface area contributed by atoms with Gasteiger partial charge in [0, 0.05) is 31.7 Å². The Morgan fingerprint density at radius 1 is 0.345 bits per heavy atom. The summed E-state index contributed by atoms with van der Waals surface area (Å²) in [5.74, 6) is 0. The number of para-hydroxylation sites is 4. The molecular formula is C54H58Br2N2. The van der Waals surface area contributed by atoms with Gasteiger partial charge in [-0.15, -0.1) is 0 Å². The van der Waals surface area contributed by atoms with Crippen molar-refractivity contribution >= 4 is 87.5 Å². The van der Waals surface area contributed by atoms with Crippen LogP contribution in [0, 0.1) is 0 Å². The van der Waals surface area contributed by atoms with Gasteiger partial charge in [0.15, 0.2) is 0 Å². The number of halogens is 2. The number of unbranched alkanes of at least 4 members (excludes halogenated alkanes) is 10. The molecule has 7 aromatic carbocycles. The molecule has 0 heterocycles. The maximum Gasteiger partial charge on any atom is 0.0603 e. The standard InChI is InChI=1S/C54H58Br2N2/c1-3-5-7-9-11-19-29-45-46(30-20-12-10-8-6-4-2)50-40-44(58(42-27-17-14-18-28-42)54-34-24-22-32-52(54)56)36-38-48(50)47-37-35-43(39-49(45)47)57(41-25-15-13-16-26-41)53-33-23-21-31-51(53)55/h13-18,21-28,31-40H,3-12,19-20,29-30H2,1-2H3. The van der Waals surface area contributed by atoms with Crippen molar-refractivity contribution in [2.24, 2.45) is 0 Å². The maximum absolute atomic E-state index is 3.92. The van der Waals surface area contributed by atoms with Crippen molar-refractivity contribution in [3.8, 4) is 0 Å². The lowest BCUT2D eigenvalue weighted by Gasteiger charge is -2.29. The van der Waals surface area contributed by atoms with Crippen LogP contribution in [0.25, 0.3) is 21.5 Å². The highest BCUT2D eigenvalue weighted by atomic mass is 79.9. The van der Waals surface area contributed by atoms with Crippen molar-refractivity contribution < 1.29 is 0 Å². The van der Waals surface area contributed by atoms with E-state index in [2.05, 4.69) is 201 Å². The molecule has 0 N–H and O–H groups in total. The largest absolute Gasteiger partial charge is 0.309 e. The van der Waals surface area contributed by atoms with Crippen LogP contribution in [0.15, 0.2) is 155 Å². The molecular weight excluding hydrogens is 836 g/mol. The summed E-state index contributed by atoms with van der Waals surface area (Å²) in [5, 5.41) is 5.47. The maximum atomic E-state index is 3.92. The Balaban J connectivity index is 1.44. The molecule has 7 aromatic rings. The summed E-state index contributed by atoms with van der Waals surface area (Å²) in [6.45, 7) is 4.62. The molecule has 0 fully saturated rings. The molecule has 0 unspecified atom stereocenters. The molecule has 0 saturated carbocycles. The minimum absolute atomic E-state index is 1.08. The third-order valence-electron chi connectivity index (χ3n) is 11.6. The molecule has 0 aromatic heterocycles. The zero-order chi connectivity index (χ0) is 40.1. The second-order valence-electron chi connectivity index (χ2n) is 15.7. The van der Waals surface area contributed by atoms with Gasteiger partial charge in [0.1, 0.15) is 0 Å². The van der Waals surface area contributed by atoms with E-state index in [0.717, 1.165) is 44.5 Å². The normalized spacial score (nSPS) is 11.4. The minimum atomic E-state index is 1.08. The summed E-state index contributed by atoms with van der Waals surface area (Å²) in [6.07, 6.45) is 17.6. The van der Waals surface area contributed by atoms with Crippen LogP contribution in [-0.4, -0.2) is 0 Å². The monoisotopic (exact) mass is 892 g/mol. The molecule has 0 bridgehead atoms. The van der Waals surface area contributed by atoms with Gasteiger partial charge in [0.05, 0.1) is 11.4 Å². The van der Waals surface area contributed by atoms with E-state index in [-0.39, 0.29) is 0 Å². The average Bonchev–Trinajstić information content (AvgIpc) is 3.26. The van der Waals surface area contributed by atoms with Crippen LogP contribution in [-0.2, 0) is 12.8 Å². The summed E-state index contributed by atoms with van der Waals surface area (Å²) in [6, 6.07) is 53.3. The van der Waals surface area contributed by atoms with Gasteiger partial charge in [0.2, 0.25) is 0 Å². The first-order valence-corrected chi connectivity index (χ1v) is 23.4. The molecule has 58 heavy (non-hydrogen) atoms. The fourth-order valence-electron chi connectivity index (χ4n) is 8.65. The quantitative estimate of drug-likeness (QED) is 0.0556. The summed E-state index contributed by atoms with van der Waals surface area (Å²) < 4.78 is 2.16. The number of hydrogen-bond acceptors (Lipinski definition) is 2. The Morgan fingerprint density at radius 3 is 1.10 bits per heavy atom. The Morgan fingerprint density at radius 2 is 0.707 bits per heavy atom. The lowest BCUT2D eigenvalue weighted by molar-refractivity contribution is 0.600. The fraction of sp³-hybridized carbons (Fsp3) is 0.296. The number of rotatable bonds is 20. The minimum Gasteiger partial charge on any atom is -0.309 e. The molecule has 0 atom stereocenters. The van der Waals surface area contributed by atoms with Crippen LogP contribution in [0.2, 0.25) is 0 Å². The van der Waals surface area contributed by atoms with Crippen LogP contribution in [0.4, 0.5) is 34.1 Å². The summed E-state index contributed by atoms with van der Waals surface area (Å²) >= 11 is 7.84. The van der Waals surface area contributed by atoms with Gasteiger partial charge >= 0.3 is 0 Å². The van der Waals surface area contributed by atoms with Crippen molar-refractivity contribution in [2.75, 3.05) is 9.80 Å². The van der Waals surface area contributed by atoms with Crippen molar-refractivity contribution in [3.63, 3.8) is 0 Å². The predicted molar refractivity (Wildman–Crippen MR) is 260 cm³/mol. The van der Waals surface area contributed by atoms with E-state index in [4.69, 9.17) is 0 Å². The lowest BCUT2D eigenvalue weighted by Crippen LogP contribution is -2.11. The van der Waals surface area contributed by atoms with E-state index < -0.39 is 0 Å². The molecule has 4 heteroatoms. The van der Waals surface area contributed by atoms with Crippen LogP contribution >= 0.6 is 31.9 Å². The molecule has 0 spiro atoms. The Labute approximate surface area is 364 Å². The molecule has 7 rings (SSSR count). The average molecular weight is 895 g/mol. The first-order chi connectivity index (χ1) is 28.6. The molecule has 0 amide bonds. The lowest BCUT2D eigenvalue weighted by atomic mass is 9.86. The van der Waals surface area contributed by atoms with Gasteiger partial charge in [-0.1, -0.05) is 151 Å². The third-order valence-corrected chi connectivity index (χ3v) is 12.9. The molecule has 0 saturated heterocycles. The second kappa shape index (κ2) is 21.0. The topological polar surface area (TPSA) is 6.48 Å². The Hall–Kier alpha value is -4.38. The summed E-state index contributed by atoms with van der Waals surface area (Å²) in [4.78, 5) is 4.82. The number of anilines is 6. The van der Waals surface area contributed by atoms with E-state index in [1.807, 2.05) is 0 Å². The van der Waals surface area contributed by atoms with Gasteiger partial charge < -0.3 is 9.80 Å². The van der Waals surface area contributed by atoms with Gasteiger partial charge in [-0.25, -0.2) is 0 Å². The van der Waals surface area contributed by atoms with Crippen molar-refractivity contribution in [2.45, 2.75) is 104 Å². The number of nitrogens with zero attached hydrogens (tertiary/aromatic N) is 2. The van der Waals surface area contributed by atoms with E-state index in [1.165, 1.54) is 121 Å². The molecule has 0 aliphatic heterocycles. The Bertz CT molecular complexity index is 2200. The highest BCUT2D eigenvalue weighted by Gasteiger charge is 2.22. The number of fused-ring (bicyclic) bond motifs is 3. The smallest absolute Gasteiger partial charge is 0.0603 e. The summed E-state index contributed by atoms with van der Waals surface area (Å²) in [5.41, 5.74) is 10.0. The molecule has 2 nitrogen and oxygen atoms in total. The SMILES string of the molecule is CCCCCCCCc1c(CCCCCCCC)c2cc(N(c3ccccc3)c3ccccc3Br)ccc2c2ccc(N(c3ccccc3)c3ccccc3Br)cc12. The second-order valence-corrected chi connectivity index (χ2v) is 17.4. The van der Waals surface area contributed by atoms with Crippen LogP contribution in [0.3, 0.4) is 0 Å². The van der Waals surface area contributed by atoms with Crippen molar-refractivity contribution in [1.29, 1.82) is 0 Å². The highest BCUT2D eigenvalue weighted by molar-refractivity contribution is 9.11. The van der Waals surface area contributed by atoms with Gasteiger partial charge in [-0.05, 0) is 163 Å². The van der Waals surface area contributed by atoms with E-state index in [9.17, 15) is 0 Å². The van der Waals surface area contributed by atoms with Gasteiger partial charge in [0.25, 0.3) is 0 Å². The van der Waals surface area contributed by atoms with Crippen LogP contribution < -0.4 is 9.80 Å². The van der Waals surface area contributed by atoms with Crippen LogP contribution in [0.5, 0.6) is 0 Å². The zero-order valence-electron chi connectivity index (χ0n) is 34.4. The first kappa shape index (κ1) is 41.8. The first-order valence-electron chi connectivity index (χ1n) is 21.8. The Kier molecular flexibility index (Phi) is 15.2. The number of benzene rings is 7. The molecule has 0 aliphatic carbocycles. The summed E-state index contributed by atoms with van der Waals surface area (Å²) in [7, 11) is 0. The van der Waals surface area contributed by atoms with Crippen molar-refractivity contribution in [1.82, 2.24) is 0 Å². The van der Waals surface area contributed by atoms with Gasteiger partial charge in [-0.3, -0.25) is 0 Å². The van der Waals surface area contributed by atoms with E-state index >= 15 is 0 Å². The van der Waals surface area contributed by atoms with E-state index in [1.54, 1.807) is 0 Å². The molecule has 298 valence electrons. The number of aryl methyl sites for hydroxylation is 2. The molecule has 0 radical (unpaired) electrons. The van der Waals surface area contributed by atoms with Crippen LogP contribution in [0.1, 0.15) is 102 Å². The van der Waals surface area contributed by atoms with Crippen molar-refractivity contribution in [3.05, 3.63) is 166 Å². The van der Waals surface area contributed by atoms with Gasteiger partial charge in [-0.2, -0.15) is 0 Å². The molecule has 0 aliphatic rings. The third kappa shape index (κ3) is 9.89. The number of hydrogen-bond donors (Lipinski definition) is 0.